The van der Waals surface area contributed by atoms with Crippen LogP contribution in [0.1, 0.15) is 6.42 Å². The van der Waals surface area contributed by atoms with Crippen LogP contribution < -0.4 is 9.08 Å². The van der Waals surface area contributed by atoms with Crippen LogP contribution in [0.5, 0.6) is 5.75 Å². The largest absolute Gasteiger partial charge is 0.377 e. The average Bonchev–Trinajstić information content (AvgIpc) is 3.37. The molecule has 0 unspecified atom stereocenters. The zero-order valence-corrected chi connectivity index (χ0v) is 16.6. The van der Waals surface area contributed by atoms with Crippen LogP contribution in [0.4, 0.5) is 5.69 Å². The quantitative estimate of drug-likeness (QED) is 0.422. The molecule has 2 aromatic rings. The summed E-state index contributed by atoms with van der Waals surface area (Å²) < 4.78 is 30.7. The van der Waals surface area contributed by atoms with Gasteiger partial charge in [-0.05, 0) is 54.7 Å². The first-order valence-corrected chi connectivity index (χ1v) is 11.0. The molecule has 2 bridgehead atoms. The smallest absolute Gasteiger partial charge is 0.339 e. The van der Waals surface area contributed by atoms with Gasteiger partial charge in [0.25, 0.3) is 0 Å². The van der Waals surface area contributed by atoms with Gasteiger partial charge in [0.2, 0.25) is 11.8 Å². The van der Waals surface area contributed by atoms with Gasteiger partial charge in [-0.25, -0.2) is 4.90 Å². The van der Waals surface area contributed by atoms with Crippen molar-refractivity contribution < 1.29 is 22.2 Å². The number of rotatable bonds is 4. The molecule has 148 valence electrons. The summed E-state index contributed by atoms with van der Waals surface area (Å²) in [6, 6.07) is 11.7. The summed E-state index contributed by atoms with van der Waals surface area (Å²) in [5, 5.41) is 0.396. The minimum Gasteiger partial charge on any atom is -0.377 e. The van der Waals surface area contributed by atoms with Crippen LogP contribution in [-0.4, -0.2) is 20.2 Å². The summed E-state index contributed by atoms with van der Waals surface area (Å²) in [5.74, 6) is -1.27. The Hall–Kier alpha value is -2.64. The van der Waals surface area contributed by atoms with E-state index in [-0.39, 0.29) is 51.8 Å². The Kier molecular flexibility index (Phi) is 4.08. The highest BCUT2D eigenvalue weighted by Gasteiger charge is 2.60. The molecule has 1 saturated carbocycles. The maximum Gasteiger partial charge on any atom is 0.339 e. The number of nitrogens with zero attached hydrogens (tertiary/aromatic N) is 1. The second-order valence-corrected chi connectivity index (χ2v) is 9.45. The number of anilines is 1. The Morgan fingerprint density at radius 3 is 2.10 bits per heavy atom. The van der Waals surface area contributed by atoms with Gasteiger partial charge in [-0.1, -0.05) is 35.9 Å². The lowest BCUT2D eigenvalue weighted by atomic mass is 9.85. The first-order chi connectivity index (χ1) is 13.9. The Balaban J connectivity index is 1.50. The summed E-state index contributed by atoms with van der Waals surface area (Å²) in [5.41, 5.74) is 0.147. The summed E-state index contributed by atoms with van der Waals surface area (Å²) in [7, 11) is -4.17. The highest BCUT2D eigenvalue weighted by atomic mass is 35.5. The van der Waals surface area contributed by atoms with E-state index in [4.69, 9.17) is 15.8 Å². The third kappa shape index (κ3) is 2.80. The van der Waals surface area contributed by atoms with E-state index < -0.39 is 10.1 Å². The second-order valence-electron chi connectivity index (χ2n) is 7.47. The number of hydrogen-bond acceptors (Lipinski definition) is 5. The highest BCUT2D eigenvalue weighted by molar-refractivity contribution is 7.87. The van der Waals surface area contributed by atoms with Crippen molar-refractivity contribution in [1.82, 2.24) is 0 Å². The molecule has 2 amide bonds. The van der Waals surface area contributed by atoms with Crippen LogP contribution in [0.25, 0.3) is 0 Å². The molecule has 4 atom stereocenters. The number of imide groups is 1. The zero-order valence-electron chi connectivity index (χ0n) is 15.1. The monoisotopic (exact) mass is 429 g/mol. The van der Waals surface area contributed by atoms with Gasteiger partial charge in [-0.3, -0.25) is 9.59 Å². The van der Waals surface area contributed by atoms with Crippen LogP contribution in [0.2, 0.25) is 5.02 Å². The van der Waals surface area contributed by atoms with E-state index in [2.05, 4.69) is 0 Å². The van der Waals surface area contributed by atoms with Gasteiger partial charge >= 0.3 is 10.1 Å². The lowest BCUT2D eigenvalue weighted by Gasteiger charge is -2.20. The van der Waals surface area contributed by atoms with Crippen molar-refractivity contribution >= 4 is 39.2 Å². The lowest BCUT2D eigenvalue weighted by molar-refractivity contribution is -0.123. The fraction of sp³-hybridized carbons (Fsp3) is 0.238. The van der Waals surface area contributed by atoms with Crippen molar-refractivity contribution in [2.75, 3.05) is 4.90 Å². The summed E-state index contributed by atoms with van der Waals surface area (Å²) in [6.45, 7) is 0. The molecule has 0 spiro atoms. The molecular weight excluding hydrogens is 414 g/mol. The van der Waals surface area contributed by atoms with Crippen LogP contribution in [0.3, 0.4) is 0 Å². The van der Waals surface area contributed by atoms with Crippen molar-refractivity contribution in [2.45, 2.75) is 11.3 Å². The topological polar surface area (TPSA) is 80.8 Å². The van der Waals surface area contributed by atoms with Gasteiger partial charge in [0, 0.05) is 5.02 Å². The molecule has 3 aliphatic rings. The maximum atomic E-state index is 13.1. The second kappa shape index (κ2) is 6.43. The van der Waals surface area contributed by atoms with E-state index in [1.165, 1.54) is 36.4 Å². The maximum absolute atomic E-state index is 13.1. The number of hydrogen-bond donors (Lipinski definition) is 0. The molecule has 2 aliphatic carbocycles. The summed E-state index contributed by atoms with van der Waals surface area (Å²) in [6.07, 6.45) is 4.84. The van der Waals surface area contributed by atoms with Gasteiger partial charge in [0.1, 0.15) is 4.90 Å². The fourth-order valence-electron chi connectivity index (χ4n) is 4.62. The van der Waals surface area contributed by atoms with E-state index in [0.717, 1.165) is 11.3 Å². The number of fused-ring (bicyclic) bond motifs is 5. The molecule has 0 N–H and O–H groups in total. The Bertz CT molecular complexity index is 1130. The van der Waals surface area contributed by atoms with Crippen LogP contribution in [0, 0.1) is 23.7 Å². The molecule has 0 aromatic heterocycles. The number of halogens is 1. The summed E-state index contributed by atoms with van der Waals surface area (Å²) >= 11 is 5.82. The Labute approximate surface area is 172 Å². The molecule has 5 rings (SSSR count). The third-order valence-corrected chi connectivity index (χ3v) is 7.38. The normalized spacial score (nSPS) is 27.6. The van der Waals surface area contributed by atoms with Crippen LogP contribution in [-0.2, 0) is 19.7 Å². The van der Waals surface area contributed by atoms with E-state index in [1.807, 2.05) is 12.2 Å². The summed E-state index contributed by atoms with van der Waals surface area (Å²) in [4.78, 5) is 27.1. The van der Waals surface area contributed by atoms with Gasteiger partial charge in [-0.15, -0.1) is 0 Å². The van der Waals surface area contributed by atoms with Crippen LogP contribution >= 0.6 is 11.6 Å². The van der Waals surface area contributed by atoms with Gasteiger partial charge < -0.3 is 4.18 Å². The minimum absolute atomic E-state index is 0.0653. The Morgan fingerprint density at radius 1 is 0.897 bits per heavy atom. The number of carbonyl (C=O) groups excluding carboxylic acids is 2. The van der Waals surface area contributed by atoms with E-state index >= 15 is 0 Å². The molecule has 6 nitrogen and oxygen atoms in total. The number of benzene rings is 2. The van der Waals surface area contributed by atoms with Gasteiger partial charge in [0.05, 0.1) is 17.5 Å². The molecule has 1 heterocycles. The molecule has 2 fully saturated rings. The SMILES string of the molecule is O=C1[C@@H]2[C@H](C(=O)N1c1ccccc1OS(=O)(=O)c1ccc(Cl)cc1)[C@H]1C=C[C@H]2C1. The lowest BCUT2D eigenvalue weighted by Crippen LogP contribution is -2.33. The predicted octanol–water partition coefficient (Wildman–Crippen LogP) is 3.42. The van der Waals surface area contributed by atoms with Crippen molar-refractivity contribution in [1.29, 1.82) is 0 Å². The van der Waals surface area contributed by atoms with Crippen molar-refractivity contribution in [3.63, 3.8) is 0 Å². The molecule has 0 radical (unpaired) electrons. The number of carbonyl (C=O) groups is 2. The van der Waals surface area contributed by atoms with E-state index in [1.54, 1.807) is 12.1 Å². The molecule has 29 heavy (non-hydrogen) atoms. The van der Waals surface area contributed by atoms with Crippen molar-refractivity contribution in [3.8, 4) is 5.75 Å². The number of amides is 2. The van der Waals surface area contributed by atoms with Crippen molar-refractivity contribution in [3.05, 3.63) is 65.7 Å². The molecule has 1 saturated heterocycles. The van der Waals surface area contributed by atoms with Crippen molar-refractivity contribution in [2.24, 2.45) is 23.7 Å². The molecule has 1 aliphatic heterocycles. The number of para-hydroxylation sites is 2. The zero-order chi connectivity index (χ0) is 20.3. The third-order valence-electron chi connectivity index (χ3n) is 5.88. The standard InChI is InChI=1S/C21H16ClNO5S/c22-14-7-9-15(10-8-14)29(26,27)28-17-4-2-1-3-16(17)23-20(24)18-12-5-6-13(11-12)19(18)21(23)25/h1-10,12-13,18-19H,11H2/t12-,13-,18-,19+/m0/s1. The molecular formula is C21H16ClNO5S. The van der Waals surface area contributed by atoms with Gasteiger partial charge in [-0.2, -0.15) is 8.42 Å². The fourth-order valence-corrected chi connectivity index (χ4v) is 5.69. The predicted molar refractivity (Wildman–Crippen MR) is 106 cm³/mol. The van der Waals surface area contributed by atoms with Gasteiger partial charge in [0.15, 0.2) is 5.75 Å². The minimum atomic E-state index is -4.17. The average molecular weight is 430 g/mol. The Morgan fingerprint density at radius 2 is 1.48 bits per heavy atom. The first kappa shape index (κ1) is 18.4. The van der Waals surface area contributed by atoms with E-state index in [9.17, 15) is 18.0 Å². The van der Waals surface area contributed by atoms with E-state index in [0.29, 0.717) is 5.02 Å². The molecule has 2 aromatic carbocycles. The number of allylic oxidation sites excluding steroid dienone is 2. The van der Waals surface area contributed by atoms with Crippen LogP contribution in [0.15, 0.2) is 65.6 Å². The molecule has 8 heteroatoms. The highest BCUT2D eigenvalue weighted by Crippen LogP contribution is 2.54. The first-order valence-electron chi connectivity index (χ1n) is 9.22.